The molecule has 28 heavy (non-hydrogen) atoms. The van der Waals surface area contributed by atoms with Crippen LogP contribution in [-0.2, 0) is 14.3 Å². The summed E-state index contributed by atoms with van der Waals surface area (Å²) in [7, 11) is 3.34. The highest BCUT2D eigenvalue weighted by Crippen LogP contribution is 2.43. The first-order valence-electron chi connectivity index (χ1n) is 9.29. The molecule has 6 nitrogen and oxygen atoms in total. The Morgan fingerprint density at radius 2 is 2.04 bits per heavy atom. The number of anilines is 1. The predicted octanol–water partition coefficient (Wildman–Crippen LogP) is 4.01. The minimum absolute atomic E-state index is 0.0839. The first kappa shape index (κ1) is 20.5. The van der Waals surface area contributed by atoms with Gasteiger partial charge in [-0.1, -0.05) is 13.0 Å². The molecule has 0 radical (unpaired) electrons. The second-order valence-corrected chi connectivity index (χ2v) is 9.04. The number of benzene rings is 1. The number of amides is 2. The van der Waals surface area contributed by atoms with E-state index in [1.54, 1.807) is 6.08 Å². The number of ether oxygens (including phenoxy) is 1. The molecule has 0 bridgehead atoms. The number of carbonyl (C=O) groups is 3. The maximum Gasteiger partial charge on any atom is 0.328 e. The lowest BCUT2D eigenvalue weighted by atomic mass is 9.80. The van der Waals surface area contributed by atoms with E-state index >= 15 is 0 Å². The summed E-state index contributed by atoms with van der Waals surface area (Å²) in [5.41, 5.74) is 3.38. The standard InChI is InChI=1S/C21H26N2O4S/c1-12-11-21(3,4)22(5)16-8-7-14(9-15(12)16)10-17-18(24)23(20(26)28-17)13(2)19(25)27-6/h7-10,12-13H,11H2,1-6H3/b17-10+. The molecule has 2 aliphatic rings. The third-order valence-corrected chi connectivity index (χ3v) is 6.59. The Balaban J connectivity index is 1.91. The summed E-state index contributed by atoms with van der Waals surface area (Å²) in [6, 6.07) is 5.17. The van der Waals surface area contributed by atoms with E-state index in [0.29, 0.717) is 10.8 Å². The molecule has 1 aromatic rings. The van der Waals surface area contributed by atoms with Gasteiger partial charge in [-0.2, -0.15) is 0 Å². The summed E-state index contributed by atoms with van der Waals surface area (Å²) < 4.78 is 4.66. The summed E-state index contributed by atoms with van der Waals surface area (Å²) in [5, 5.41) is -0.457. The van der Waals surface area contributed by atoms with Crippen molar-refractivity contribution in [1.29, 1.82) is 0 Å². The van der Waals surface area contributed by atoms with Crippen molar-refractivity contribution in [2.75, 3.05) is 19.1 Å². The zero-order valence-corrected chi connectivity index (χ0v) is 17.9. The van der Waals surface area contributed by atoms with Gasteiger partial charge in [0.2, 0.25) is 0 Å². The lowest BCUT2D eigenvalue weighted by Gasteiger charge is -2.45. The number of imide groups is 1. The van der Waals surface area contributed by atoms with Crippen LogP contribution in [0.25, 0.3) is 6.08 Å². The first-order valence-corrected chi connectivity index (χ1v) is 10.1. The van der Waals surface area contributed by atoms with Crippen molar-refractivity contribution >= 4 is 40.6 Å². The summed E-state index contributed by atoms with van der Waals surface area (Å²) in [4.78, 5) is 40.2. The van der Waals surface area contributed by atoms with Crippen molar-refractivity contribution < 1.29 is 19.1 Å². The highest BCUT2D eigenvalue weighted by Gasteiger charge is 2.41. The van der Waals surface area contributed by atoms with E-state index in [-0.39, 0.29) is 5.54 Å². The van der Waals surface area contributed by atoms with Crippen LogP contribution in [0.15, 0.2) is 23.1 Å². The van der Waals surface area contributed by atoms with Crippen LogP contribution in [0.4, 0.5) is 10.5 Å². The lowest BCUT2D eigenvalue weighted by Crippen LogP contribution is -2.45. The molecule has 2 aliphatic heterocycles. The van der Waals surface area contributed by atoms with Crippen LogP contribution in [0.1, 0.15) is 51.2 Å². The number of hydrogen-bond donors (Lipinski definition) is 0. The van der Waals surface area contributed by atoms with E-state index in [1.807, 2.05) is 6.07 Å². The summed E-state index contributed by atoms with van der Waals surface area (Å²) in [6.45, 7) is 8.17. The smallest absolute Gasteiger partial charge is 0.328 e. The number of thioether (sulfide) groups is 1. The van der Waals surface area contributed by atoms with E-state index in [4.69, 9.17) is 0 Å². The zero-order chi connectivity index (χ0) is 20.8. The molecule has 0 aliphatic carbocycles. The van der Waals surface area contributed by atoms with Gasteiger partial charge in [0.1, 0.15) is 6.04 Å². The number of esters is 1. The molecular formula is C21H26N2O4S. The van der Waals surface area contributed by atoms with Gasteiger partial charge in [-0.3, -0.25) is 14.5 Å². The van der Waals surface area contributed by atoms with Crippen LogP contribution in [-0.4, -0.2) is 47.8 Å². The van der Waals surface area contributed by atoms with Crippen molar-refractivity contribution in [3.05, 3.63) is 34.2 Å². The Hall–Kier alpha value is -2.28. The number of nitrogens with zero attached hydrogens (tertiary/aromatic N) is 2. The van der Waals surface area contributed by atoms with Crippen molar-refractivity contribution in [2.45, 2.75) is 51.6 Å². The Labute approximate surface area is 169 Å². The summed E-state index contributed by atoms with van der Waals surface area (Å²) in [6.07, 6.45) is 2.76. The molecule has 2 atom stereocenters. The van der Waals surface area contributed by atoms with Crippen LogP contribution in [0.5, 0.6) is 0 Å². The van der Waals surface area contributed by atoms with Crippen molar-refractivity contribution in [2.24, 2.45) is 0 Å². The van der Waals surface area contributed by atoms with Gasteiger partial charge in [-0.25, -0.2) is 4.79 Å². The molecule has 150 valence electrons. The molecule has 2 unspecified atom stereocenters. The predicted molar refractivity (Wildman–Crippen MR) is 111 cm³/mol. The van der Waals surface area contributed by atoms with E-state index in [2.05, 4.69) is 49.6 Å². The van der Waals surface area contributed by atoms with Crippen molar-refractivity contribution in [3.63, 3.8) is 0 Å². The average Bonchev–Trinajstić information content (AvgIpc) is 2.91. The fourth-order valence-corrected chi connectivity index (χ4v) is 4.83. The maximum atomic E-state index is 12.7. The topological polar surface area (TPSA) is 66.9 Å². The normalized spacial score (nSPS) is 23.8. The van der Waals surface area contributed by atoms with Crippen LogP contribution in [0.2, 0.25) is 0 Å². The molecule has 2 heterocycles. The molecular weight excluding hydrogens is 376 g/mol. The fraction of sp³-hybridized carbons (Fsp3) is 0.476. The molecule has 3 rings (SSSR count). The van der Waals surface area contributed by atoms with Gasteiger partial charge in [0.25, 0.3) is 11.1 Å². The van der Waals surface area contributed by atoms with E-state index in [0.717, 1.165) is 28.6 Å². The molecule has 2 amide bonds. The molecule has 0 N–H and O–H groups in total. The van der Waals surface area contributed by atoms with Gasteiger partial charge < -0.3 is 9.64 Å². The maximum absolute atomic E-state index is 12.7. The van der Waals surface area contributed by atoms with Gasteiger partial charge >= 0.3 is 5.97 Å². The van der Waals surface area contributed by atoms with E-state index < -0.39 is 23.2 Å². The Bertz CT molecular complexity index is 877. The monoisotopic (exact) mass is 402 g/mol. The van der Waals surface area contributed by atoms with E-state index in [1.165, 1.54) is 25.3 Å². The Morgan fingerprint density at radius 1 is 1.36 bits per heavy atom. The molecule has 0 saturated carbocycles. The van der Waals surface area contributed by atoms with Crippen LogP contribution in [0.3, 0.4) is 0 Å². The van der Waals surface area contributed by atoms with Gasteiger partial charge in [0.15, 0.2) is 0 Å². The van der Waals surface area contributed by atoms with Crippen molar-refractivity contribution in [3.8, 4) is 0 Å². The highest BCUT2D eigenvalue weighted by molar-refractivity contribution is 8.18. The largest absolute Gasteiger partial charge is 0.467 e. The summed E-state index contributed by atoms with van der Waals surface area (Å²) in [5.74, 6) is -0.683. The third kappa shape index (κ3) is 3.43. The lowest BCUT2D eigenvalue weighted by molar-refractivity contribution is -0.148. The van der Waals surface area contributed by atoms with Crippen LogP contribution >= 0.6 is 11.8 Å². The van der Waals surface area contributed by atoms with Gasteiger partial charge in [0.05, 0.1) is 12.0 Å². The highest BCUT2D eigenvalue weighted by atomic mass is 32.2. The van der Waals surface area contributed by atoms with Crippen LogP contribution in [0, 0.1) is 0 Å². The minimum atomic E-state index is -0.942. The number of carbonyl (C=O) groups excluding carboxylic acids is 3. The van der Waals surface area contributed by atoms with Gasteiger partial charge in [0, 0.05) is 18.3 Å². The molecule has 1 aromatic carbocycles. The fourth-order valence-electron chi connectivity index (χ4n) is 3.93. The number of methoxy groups -OCH3 is 1. The van der Waals surface area contributed by atoms with Crippen molar-refractivity contribution in [1.82, 2.24) is 4.90 Å². The number of rotatable bonds is 3. The minimum Gasteiger partial charge on any atom is -0.467 e. The molecule has 0 spiro atoms. The molecule has 1 saturated heterocycles. The third-order valence-electron chi connectivity index (χ3n) is 5.71. The molecule has 1 fully saturated rings. The summed E-state index contributed by atoms with van der Waals surface area (Å²) >= 11 is 0.852. The SMILES string of the molecule is COC(=O)C(C)N1C(=O)S/C(=C/c2ccc3c(c2)C(C)CC(C)(C)N3C)C1=O. The van der Waals surface area contributed by atoms with E-state index in [9.17, 15) is 14.4 Å². The Kier molecular flexibility index (Phi) is 5.32. The van der Waals surface area contributed by atoms with Gasteiger partial charge in [-0.15, -0.1) is 0 Å². The van der Waals surface area contributed by atoms with Crippen LogP contribution < -0.4 is 4.90 Å². The number of hydrogen-bond acceptors (Lipinski definition) is 6. The second-order valence-electron chi connectivity index (χ2n) is 8.05. The average molecular weight is 403 g/mol. The second kappa shape index (κ2) is 7.28. The quantitative estimate of drug-likeness (QED) is 0.562. The first-order chi connectivity index (χ1) is 13.1. The number of fused-ring (bicyclic) bond motifs is 1. The molecule has 0 aromatic heterocycles. The van der Waals surface area contributed by atoms with Gasteiger partial charge in [-0.05, 0) is 74.2 Å². The zero-order valence-electron chi connectivity index (χ0n) is 17.1. The Morgan fingerprint density at radius 3 is 2.68 bits per heavy atom. The molecule has 7 heteroatoms.